The third-order valence-electron chi connectivity index (χ3n) is 10.1. The molecular weight excluding hydrogens is 663 g/mol. The molecule has 1 atom stereocenters. The molecule has 0 aliphatic carbocycles. The number of benzene rings is 3. The molecule has 2 aliphatic heterocycles. The number of aromatic nitrogens is 2. The summed E-state index contributed by atoms with van der Waals surface area (Å²) >= 11 is 0. The standard InChI is InChI=1S/C38H46F3N5O5/c1-48-32-24-28(25-33(49-2)34(32)50-3)35(47)45-19-15-37(26-45,29-10-5-4-6-11-29)14-18-43-16-9-17-44(21-20-43)36-42-30-12-7-8-13-31(30)46(36)22-23-51-27-38(39,40)41/h4-8,10-13,24-25H,9,14-23,26-27H2,1-3H3. The number of imidazole rings is 1. The van der Waals surface area contributed by atoms with Crippen molar-refractivity contribution >= 4 is 22.9 Å². The number of carbonyl (C=O) groups excluding carboxylic acids is 1. The second-order valence-corrected chi connectivity index (χ2v) is 13.2. The molecule has 2 fully saturated rings. The molecule has 3 aromatic carbocycles. The Hall–Kier alpha value is -4.49. The zero-order chi connectivity index (χ0) is 36.0. The highest BCUT2D eigenvalue weighted by molar-refractivity contribution is 5.96. The second-order valence-electron chi connectivity index (χ2n) is 13.2. The molecule has 1 unspecified atom stereocenters. The fourth-order valence-electron chi connectivity index (χ4n) is 7.44. The van der Waals surface area contributed by atoms with Crippen LogP contribution < -0.4 is 19.1 Å². The molecule has 13 heteroatoms. The number of rotatable bonds is 13. The number of fused-ring (bicyclic) bond motifs is 1. The first-order chi connectivity index (χ1) is 24.6. The Morgan fingerprint density at radius 3 is 2.29 bits per heavy atom. The molecule has 0 saturated carbocycles. The Morgan fingerprint density at radius 1 is 0.863 bits per heavy atom. The van der Waals surface area contributed by atoms with Crippen LogP contribution in [0.25, 0.3) is 11.0 Å². The van der Waals surface area contributed by atoms with E-state index < -0.39 is 12.8 Å². The molecule has 0 N–H and O–H groups in total. The number of hydrogen-bond donors (Lipinski definition) is 0. The highest BCUT2D eigenvalue weighted by Gasteiger charge is 2.42. The number of hydrogen-bond acceptors (Lipinski definition) is 8. The molecule has 4 aromatic rings. The van der Waals surface area contributed by atoms with Gasteiger partial charge in [-0.15, -0.1) is 0 Å². The Bertz CT molecular complexity index is 1760. The van der Waals surface area contributed by atoms with E-state index in [0.29, 0.717) is 35.9 Å². The highest BCUT2D eigenvalue weighted by atomic mass is 19.4. The maximum absolute atomic E-state index is 13.9. The maximum Gasteiger partial charge on any atom is 0.411 e. The predicted octanol–water partition coefficient (Wildman–Crippen LogP) is 6.03. The number of likely N-dealkylation sites (tertiary alicyclic amines) is 1. The molecule has 0 bridgehead atoms. The number of alkyl halides is 3. The molecule has 2 saturated heterocycles. The fourth-order valence-corrected chi connectivity index (χ4v) is 7.44. The van der Waals surface area contributed by atoms with Crippen LogP contribution in [-0.4, -0.2) is 112 Å². The average Bonchev–Trinajstić information content (AvgIpc) is 3.66. The number of carbonyl (C=O) groups is 1. The second kappa shape index (κ2) is 15.8. The number of ether oxygens (including phenoxy) is 4. The maximum atomic E-state index is 13.9. The van der Waals surface area contributed by atoms with Crippen molar-refractivity contribution in [1.29, 1.82) is 0 Å². The minimum absolute atomic E-state index is 0.0620. The van der Waals surface area contributed by atoms with E-state index in [-0.39, 0.29) is 24.5 Å². The number of nitrogens with zero attached hydrogens (tertiary/aromatic N) is 5. The number of methoxy groups -OCH3 is 3. The minimum Gasteiger partial charge on any atom is -0.493 e. The number of halogens is 3. The molecule has 3 heterocycles. The summed E-state index contributed by atoms with van der Waals surface area (Å²) < 4.78 is 61.6. The van der Waals surface area contributed by atoms with Crippen molar-refractivity contribution in [3.8, 4) is 17.2 Å². The Kier molecular flexibility index (Phi) is 11.3. The summed E-state index contributed by atoms with van der Waals surface area (Å²) in [5.41, 5.74) is 3.18. The van der Waals surface area contributed by atoms with Gasteiger partial charge in [-0.1, -0.05) is 42.5 Å². The zero-order valence-corrected chi connectivity index (χ0v) is 29.5. The van der Waals surface area contributed by atoms with E-state index in [0.717, 1.165) is 69.0 Å². The van der Waals surface area contributed by atoms with Crippen molar-refractivity contribution < 1.29 is 36.9 Å². The fraction of sp³-hybridized carbons (Fsp3) is 0.474. The highest BCUT2D eigenvalue weighted by Crippen LogP contribution is 2.41. The molecular formula is C38H46F3N5O5. The van der Waals surface area contributed by atoms with Crippen LogP contribution in [0, 0.1) is 0 Å². The lowest BCUT2D eigenvalue weighted by Crippen LogP contribution is -2.39. The van der Waals surface area contributed by atoms with Gasteiger partial charge in [-0.05, 0) is 62.2 Å². The summed E-state index contributed by atoms with van der Waals surface area (Å²) in [4.78, 5) is 25.5. The first-order valence-electron chi connectivity index (χ1n) is 17.4. The van der Waals surface area contributed by atoms with Gasteiger partial charge in [0.05, 0.1) is 39.0 Å². The summed E-state index contributed by atoms with van der Waals surface area (Å²) in [6.45, 7) is 4.25. The lowest BCUT2D eigenvalue weighted by molar-refractivity contribution is -0.174. The molecule has 274 valence electrons. The van der Waals surface area contributed by atoms with E-state index in [1.165, 1.54) is 26.9 Å². The van der Waals surface area contributed by atoms with Crippen LogP contribution in [0.15, 0.2) is 66.7 Å². The van der Waals surface area contributed by atoms with E-state index in [1.807, 2.05) is 39.8 Å². The van der Waals surface area contributed by atoms with Gasteiger partial charge in [0.1, 0.15) is 6.61 Å². The van der Waals surface area contributed by atoms with Crippen LogP contribution in [-0.2, 0) is 16.7 Å². The quantitative estimate of drug-likeness (QED) is 0.156. The first-order valence-corrected chi connectivity index (χ1v) is 17.4. The third kappa shape index (κ3) is 8.20. The predicted molar refractivity (Wildman–Crippen MR) is 189 cm³/mol. The van der Waals surface area contributed by atoms with Crippen LogP contribution >= 0.6 is 0 Å². The monoisotopic (exact) mass is 709 g/mol. The lowest BCUT2D eigenvalue weighted by Gasteiger charge is -2.33. The van der Waals surface area contributed by atoms with E-state index >= 15 is 0 Å². The summed E-state index contributed by atoms with van der Waals surface area (Å²) in [6, 6.07) is 21.6. The van der Waals surface area contributed by atoms with Crippen molar-refractivity contribution in [3.05, 3.63) is 77.9 Å². The third-order valence-corrected chi connectivity index (χ3v) is 10.1. The van der Waals surface area contributed by atoms with Gasteiger partial charge in [-0.2, -0.15) is 13.2 Å². The van der Waals surface area contributed by atoms with E-state index in [2.05, 4.69) is 34.1 Å². The number of para-hydroxylation sites is 2. The smallest absolute Gasteiger partial charge is 0.411 e. The zero-order valence-electron chi connectivity index (χ0n) is 29.5. The van der Waals surface area contributed by atoms with E-state index in [1.54, 1.807) is 12.1 Å². The lowest BCUT2D eigenvalue weighted by atomic mass is 9.76. The van der Waals surface area contributed by atoms with Gasteiger partial charge in [0, 0.05) is 50.2 Å². The van der Waals surface area contributed by atoms with Gasteiger partial charge < -0.3 is 38.2 Å². The Labute approximate surface area is 296 Å². The normalized spacial score (nSPS) is 18.6. The van der Waals surface area contributed by atoms with Crippen molar-refractivity contribution in [2.24, 2.45) is 0 Å². The average molecular weight is 710 g/mol. The molecule has 1 aromatic heterocycles. The van der Waals surface area contributed by atoms with Gasteiger partial charge in [0.2, 0.25) is 11.7 Å². The van der Waals surface area contributed by atoms with Crippen molar-refractivity contribution in [1.82, 2.24) is 19.4 Å². The summed E-state index contributed by atoms with van der Waals surface area (Å²) in [5, 5.41) is 0. The van der Waals surface area contributed by atoms with Gasteiger partial charge in [0.15, 0.2) is 11.5 Å². The van der Waals surface area contributed by atoms with E-state index in [9.17, 15) is 18.0 Å². The van der Waals surface area contributed by atoms with E-state index in [4.69, 9.17) is 23.9 Å². The minimum atomic E-state index is -4.36. The van der Waals surface area contributed by atoms with Gasteiger partial charge in [-0.25, -0.2) is 4.98 Å². The van der Waals surface area contributed by atoms with Crippen molar-refractivity contribution in [2.45, 2.75) is 37.4 Å². The topological polar surface area (TPSA) is 81.5 Å². The van der Waals surface area contributed by atoms with Crippen LogP contribution in [0.2, 0.25) is 0 Å². The van der Waals surface area contributed by atoms with Gasteiger partial charge >= 0.3 is 6.18 Å². The molecule has 10 nitrogen and oxygen atoms in total. The van der Waals surface area contributed by atoms with Crippen LogP contribution in [0.4, 0.5) is 19.1 Å². The molecule has 2 aliphatic rings. The van der Waals surface area contributed by atoms with Gasteiger partial charge in [-0.3, -0.25) is 4.79 Å². The SMILES string of the molecule is COc1cc(C(=O)N2CCC(CCN3CCCN(c4nc5ccccc5n4CCOCC(F)(F)F)CC3)(c3ccccc3)C2)cc(OC)c1OC. The first kappa shape index (κ1) is 36.3. The van der Waals surface area contributed by atoms with Crippen molar-refractivity contribution in [2.75, 3.05) is 85.3 Å². The Morgan fingerprint density at radius 2 is 1.59 bits per heavy atom. The Balaban J connectivity index is 1.15. The molecule has 0 radical (unpaired) electrons. The molecule has 0 spiro atoms. The summed E-state index contributed by atoms with van der Waals surface area (Å²) in [6.07, 6.45) is -1.73. The number of amides is 1. The molecule has 6 rings (SSSR count). The van der Waals surface area contributed by atoms with Crippen LogP contribution in [0.5, 0.6) is 17.2 Å². The number of anilines is 1. The molecule has 51 heavy (non-hydrogen) atoms. The van der Waals surface area contributed by atoms with Crippen molar-refractivity contribution in [3.63, 3.8) is 0 Å². The largest absolute Gasteiger partial charge is 0.493 e. The summed E-state index contributed by atoms with van der Waals surface area (Å²) in [5.74, 6) is 2.00. The van der Waals surface area contributed by atoms with Crippen LogP contribution in [0.3, 0.4) is 0 Å². The summed E-state index contributed by atoms with van der Waals surface area (Å²) in [7, 11) is 4.62. The molecule has 1 amide bonds. The van der Waals surface area contributed by atoms with Crippen LogP contribution in [0.1, 0.15) is 35.2 Å². The van der Waals surface area contributed by atoms with Gasteiger partial charge in [0.25, 0.3) is 5.91 Å².